The second-order valence-electron chi connectivity index (χ2n) is 9.99. The molecule has 0 aliphatic carbocycles. The fraction of sp³-hybridized carbons (Fsp3) is 0.206. The molecule has 1 aliphatic heterocycles. The lowest BCUT2D eigenvalue weighted by atomic mass is 9.71. The molecule has 0 saturated heterocycles. The Morgan fingerprint density at radius 2 is 1.11 bits per heavy atom. The maximum absolute atomic E-state index is 13.7. The van der Waals surface area contributed by atoms with Crippen molar-refractivity contribution >= 4 is 5.91 Å². The summed E-state index contributed by atoms with van der Waals surface area (Å²) in [6.07, 6.45) is 5.85. The Hall–Kier alpha value is -3.95. The molecule has 0 unspecified atom stereocenters. The number of hydrogen-bond donors (Lipinski definition) is 1. The summed E-state index contributed by atoms with van der Waals surface area (Å²) in [7, 11) is 0. The summed E-state index contributed by atoms with van der Waals surface area (Å²) < 4.78 is 0. The van der Waals surface area contributed by atoms with Gasteiger partial charge in [-0.2, -0.15) is 0 Å². The first-order chi connectivity index (χ1) is 18.1. The third-order valence-corrected chi connectivity index (χ3v) is 7.39. The number of carbonyl (C=O) groups is 1. The molecule has 3 heteroatoms. The minimum atomic E-state index is -1.10. The van der Waals surface area contributed by atoms with Crippen molar-refractivity contribution in [3.05, 3.63) is 156 Å². The largest absolute Gasteiger partial charge is 0.385 e. The zero-order valence-corrected chi connectivity index (χ0v) is 21.0. The molecule has 3 nitrogen and oxygen atoms in total. The molecule has 0 bridgehead atoms. The SMILES string of the molecule is O=C(Cc1ccccc1)N1C=C[C@](O)(Cc2ccccc2)[C@@H](Cc2ccccc2)[C@@H]1Cc1ccccc1. The molecule has 1 amide bonds. The summed E-state index contributed by atoms with van der Waals surface area (Å²) in [5, 5.41) is 12.3. The van der Waals surface area contributed by atoms with Gasteiger partial charge in [0.25, 0.3) is 0 Å². The zero-order chi connectivity index (χ0) is 25.5. The molecule has 1 N–H and O–H groups in total. The normalized spacial score (nSPS) is 21.1. The van der Waals surface area contributed by atoms with Crippen molar-refractivity contribution in [2.45, 2.75) is 37.3 Å². The van der Waals surface area contributed by atoms with Crippen molar-refractivity contribution in [3.63, 3.8) is 0 Å². The van der Waals surface area contributed by atoms with E-state index in [1.807, 2.05) is 102 Å². The highest BCUT2D eigenvalue weighted by Gasteiger charge is 2.45. The van der Waals surface area contributed by atoms with Gasteiger partial charge in [0, 0.05) is 24.6 Å². The molecule has 4 aromatic rings. The molecule has 37 heavy (non-hydrogen) atoms. The van der Waals surface area contributed by atoms with Gasteiger partial charge in [0.15, 0.2) is 0 Å². The van der Waals surface area contributed by atoms with Crippen molar-refractivity contribution in [2.75, 3.05) is 0 Å². The van der Waals surface area contributed by atoms with E-state index in [1.54, 1.807) is 0 Å². The van der Waals surface area contributed by atoms with E-state index < -0.39 is 5.60 Å². The molecular formula is C34H33NO2. The smallest absolute Gasteiger partial charge is 0.231 e. The zero-order valence-electron chi connectivity index (χ0n) is 21.0. The van der Waals surface area contributed by atoms with Gasteiger partial charge in [-0.15, -0.1) is 0 Å². The molecule has 3 atom stereocenters. The Morgan fingerprint density at radius 1 is 0.649 bits per heavy atom. The second-order valence-corrected chi connectivity index (χ2v) is 9.99. The van der Waals surface area contributed by atoms with Crippen LogP contribution in [0.25, 0.3) is 0 Å². The number of rotatable bonds is 8. The van der Waals surface area contributed by atoms with Crippen LogP contribution in [0.1, 0.15) is 22.3 Å². The van der Waals surface area contributed by atoms with Gasteiger partial charge in [-0.25, -0.2) is 0 Å². The molecule has 0 radical (unpaired) electrons. The highest BCUT2D eigenvalue weighted by atomic mass is 16.3. The summed E-state index contributed by atoms with van der Waals surface area (Å²) in [6, 6.07) is 40.4. The van der Waals surface area contributed by atoms with Gasteiger partial charge in [0.2, 0.25) is 5.91 Å². The highest BCUT2D eigenvalue weighted by molar-refractivity contribution is 5.80. The minimum Gasteiger partial charge on any atom is -0.385 e. The number of nitrogens with zero attached hydrogens (tertiary/aromatic N) is 1. The first-order valence-electron chi connectivity index (χ1n) is 13.0. The van der Waals surface area contributed by atoms with Crippen LogP contribution in [-0.4, -0.2) is 27.6 Å². The summed E-state index contributed by atoms with van der Waals surface area (Å²) >= 11 is 0. The third kappa shape index (κ3) is 6.07. The molecule has 0 spiro atoms. The molecule has 0 fully saturated rings. The van der Waals surface area contributed by atoms with Crippen molar-refractivity contribution in [1.29, 1.82) is 0 Å². The van der Waals surface area contributed by atoms with Crippen molar-refractivity contribution in [3.8, 4) is 0 Å². The molecule has 0 aromatic heterocycles. The van der Waals surface area contributed by atoms with E-state index in [1.165, 1.54) is 0 Å². The van der Waals surface area contributed by atoms with Crippen molar-refractivity contribution < 1.29 is 9.90 Å². The predicted molar refractivity (Wildman–Crippen MR) is 149 cm³/mol. The van der Waals surface area contributed by atoms with E-state index in [0.29, 0.717) is 25.7 Å². The third-order valence-electron chi connectivity index (χ3n) is 7.39. The van der Waals surface area contributed by atoms with Crippen molar-refractivity contribution in [1.82, 2.24) is 4.90 Å². The quantitative estimate of drug-likeness (QED) is 0.330. The van der Waals surface area contributed by atoms with E-state index in [2.05, 4.69) is 36.4 Å². The van der Waals surface area contributed by atoms with Gasteiger partial charge in [0.1, 0.15) is 0 Å². The van der Waals surface area contributed by atoms with Crippen LogP contribution in [0, 0.1) is 5.92 Å². The average Bonchev–Trinajstić information content (AvgIpc) is 2.93. The Balaban J connectivity index is 1.55. The van der Waals surface area contributed by atoms with E-state index in [9.17, 15) is 9.90 Å². The van der Waals surface area contributed by atoms with E-state index >= 15 is 0 Å². The Bertz CT molecular complexity index is 1310. The summed E-state index contributed by atoms with van der Waals surface area (Å²) in [4.78, 5) is 15.6. The lowest BCUT2D eigenvalue weighted by Crippen LogP contribution is -2.57. The molecule has 0 saturated carbocycles. The van der Waals surface area contributed by atoms with Crippen LogP contribution in [0.15, 0.2) is 134 Å². The number of amides is 1. The van der Waals surface area contributed by atoms with Gasteiger partial charge in [-0.3, -0.25) is 4.79 Å². The van der Waals surface area contributed by atoms with Gasteiger partial charge >= 0.3 is 0 Å². The van der Waals surface area contributed by atoms with E-state index in [0.717, 1.165) is 22.3 Å². The highest BCUT2D eigenvalue weighted by Crippen LogP contribution is 2.38. The minimum absolute atomic E-state index is 0.0446. The summed E-state index contributed by atoms with van der Waals surface area (Å²) in [6.45, 7) is 0. The van der Waals surface area contributed by atoms with Crippen LogP contribution < -0.4 is 0 Å². The van der Waals surface area contributed by atoms with Crippen LogP contribution in [0.5, 0.6) is 0 Å². The van der Waals surface area contributed by atoms with Crippen LogP contribution in [-0.2, 0) is 30.5 Å². The lowest BCUT2D eigenvalue weighted by molar-refractivity contribution is -0.134. The number of carbonyl (C=O) groups excluding carboxylic acids is 1. The second kappa shape index (κ2) is 11.4. The standard InChI is InChI=1S/C34H33NO2/c36-33(25-29-17-9-3-10-18-29)35-22-21-34(37,26-30-19-11-4-12-20-30)31(23-27-13-5-1-6-14-27)32(35)24-28-15-7-2-8-16-28/h1-22,31-32,37H,23-26H2/t31-,32-,34-/m0/s1. The average molecular weight is 488 g/mol. The molecule has 1 heterocycles. The number of hydrogen-bond acceptors (Lipinski definition) is 2. The van der Waals surface area contributed by atoms with Gasteiger partial charge in [0.05, 0.1) is 12.0 Å². The van der Waals surface area contributed by atoms with Crippen LogP contribution in [0.2, 0.25) is 0 Å². The first kappa shape index (κ1) is 24.7. The van der Waals surface area contributed by atoms with Crippen LogP contribution in [0.4, 0.5) is 0 Å². The summed E-state index contributed by atoms with van der Waals surface area (Å²) in [5.74, 6) is -0.150. The predicted octanol–water partition coefficient (Wildman–Crippen LogP) is 6.03. The van der Waals surface area contributed by atoms with E-state index in [-0.39, 0.29) is 17.9 Å². The molecule has 186 valence electrons. The van der Waals surface area contributed by atoms with E-state index in [4.69, 9.17) is 0 Å². The Morgan fingerprint density at radius 3 is 1.65 bits per heavy atom. The fourth-order valence-electron chi connectivity index (χ4n) is 5.49. The van der Waals surface area contributed by atoms with Crippen molar-refractivity contribution in [2.24, 2.45) is 5.92 Å². The Kier molecular flexibility index (Phi) is 7.62. The monoisotopic (exact) mass is 487 g/mol. The number of benzene rings is 4. The maximum Gasteiger partial charge on any atom is 0.231 e. The molecule has 1 aliphatic rings. The van der Waals surface area contributed by atoms with Gasteiger partial charge < -0.3 is 10.0 Å². The van der Waals surface area contributed by atoms with Gasteiger partial charge in [-0.1, -0.05) is 121 Å². The molecule has 4 aromatic carbocycles. The molecular weight excluding hydrogens is 454 g/mol. The maximum atomic E-state index is 13.7. The first-order valence-corrected chi connectivity index (χ1v) is 13.0. The number of aliphatic hydroxyl groups is 1. The topological polar surface area (TPSA) is 40.5 Å². The fourth-order valence-corrected chi connectivity index (χ4v) is 5.49. The molecule has 5 rings (SSSR count). The summed E-state index contributed by atoms with van der Waals surface area (Å²) in [5.41, 5.74) is 3.28. The lowest BCUT2D eigenvalue weighted by Gasteiger charge is -2.47. The van der Waals surface area contributed by atoms with Gasteiger partial charge in [-0.05, 0) is 41.2 Å². The van der Waals surface area contributed by atoms with Crippen LogP contribution in [0.3, 0.4) is 0 Å². The van der Waals surface area contributed by atoms with Crippen LogP contribution >= 0.6 is 0 Å². The Labute approximate surface area is 219 Å².